The number of esters is 1. The lowest BCUT2D eigenvalue weighted by atomic mass is 9.98. The normalized spacial score (nSPS) is 15.2. The first kappa shape index (κ1) is 23.3. The smallest absolute Gasteiger partial charge is 0.313 e. The molecule has 0 N–H and O–H groups in total. The van der Waals surface area contributed by atoms with Crippen molar-refractivity contribution in [1.82, 2.24) is 9.80 Å². The van der Waals surface area contributed by atoms with E-state index in [9.17, 15) is 19.7 Å². The van der Waals surface area contributed by atoms with Crippen molar-refractivity contribution in [3.05, 3.63) is 52.1 Å². The Hall–Kier alpha value is -3.40. The van der Waals surface area contributed by atoms with Crippen LogP contribution in [0.3, 0.4) is 0 Å². The first-order valence-corrected chi connectivity index (χ1v) is 10.4. The molecule has 1 aliphatic heterocycles. The molecule has 0 spiro atoms. The number of hydrogen-bond acceptors (Lipinski definition) is 8. The summed E-state index contributed by atoms with van der Waals surface area (Å²) in [5.41, 5.74) is 0.811. The van der Waals surface area contributed by atoms with Gasteiger partial charge in [-0.1, -0.05) is 24.3 Å². The number of ether oxygens (including phenoxy) is 2. The van der Waals surface area contributed by atoms with Gasteiger partial charge in [0.05, 0.1) is 13.0 Å². The van der Waals surface area contributed by atoms with Gasteiger partial charge in [-0.15, -0.1) is 10.1 Å². The lowest BCUT2D eigenvalue weighted by Gasteiger charge is -2.34. The van der Waals surface area contributed by atoms with Crippen molar-refractivity contribution >= 4 is 22.6 Å². The summed E-state index contributed by atoms with van der Waals surface area (Å²) in [7, 11) is 1.61. The van der Waals surface area contributed by atoms with Crippen molar-refractivity contribution in [3.63, 3.8) is 0 Å². The second kappa shape index (κ2) is 10.8. The molecule has 10 heteroatoms. The standard InChI is InChI=1S/C22H27N3O7/c1-16(17-3-4-19-14-20(30-2)6-5-18(19)13-17)22(27)31-15-21(26)24-9-7-23(8-10-24)11-12-32-25(28)29/h3-6,13-14,16H,7-12,15H2,1-2H3/t16-/m0/s1. The SMILES string of the molecule is COc1ccc2cc([C@H](C)C(=O)OCC(=O)N3CCN(CCO[N+](=O)[O-])CC3)ccc2c1. The van der Waals surface area contributed by atoms with Crippen molar-refractivity contribution < 1.29 is 29.0 Å². The molecule has 0 aromatic heterocycles. The summed E-state index contributed by atoms with van der Waals surface area (Å²) in [5.74, 6) is -0.450. The summed E-state index contributed by atoms with van der Waals surface area (Å²) in [4.78, 5) is 43.0. The van der Waals surface area contributed by atoms with E-state index in [0.717, 1.165) is 22.1 Å². The van der Waals surface area contributed by atoms with Crippen LogP contribution in [0.25, 0.3) is 10.8 Å². The summed E-state index contributed by atoms with van der Waals surface area (Å²) in [6.45, 7) is 3.98. The minimum Gasteiger partial charge on any atom is -0.497 e. The second-order valence-electron chi connectivity index (χ2n) is 7.58. The molecule has 1 atom stereocenters. The fourth-order valence-electron chi connectivity index (χ4n) is 3.59. The van der Waals surface area contributed by atoms with Gasteiger partial charge in [-0.3, -0.25) is 14.5 Å². The van der Waals surface area contributed by atoms with Gasteiger partial charge in [0, 0.05) is 32.7 Å². The number of piperazine rings is 1. The molecule has 1 fully saturated rings. The molecule has 1 aliphatic rings. The summed E-state index contributed by atoms with van der Waals surface area (Å²) < 4.78 is 10.5. The van der Waals surface area contributed by atoms with Crippen LogP contribution in [-0.4, -0.2) is 79.8 Å². The van der Waals surface area contributed by atoms with E-state index in [1.807, 2.05) is 41.3 Å². The molecule has 1 heterocycles. The van der Waals surface area contributed by atoms with Crippen molar-refractivity contribution in [2.45, 2.75) is 12.8 Å². The third-order valence-electron chi connectivity index (χ3n) is 5.59. The van der Waals surface area contributed by atoms with Gasteiger partial charge in [0.2, 0.25) is 0 Å². The predicted molar refractivity (Wildman–Crippen MR) is 116 cm³/mol. The van der Waals surface area contributed by atoms with E-state index in [-0.39, 0.29) is 19.1 Å². The Kier molecular flexibility index (Phi) is 7.82. The maximum absolute atomic E-state index is 12.5. The summed E-state index contributed by atoms with van der Waals surface area (Å²) in [6.07, 6.45) is 0. The molecule has 0 saturated carbocycles. The number of carbonyl (C=O) groups is 2. The molecule has 172 valence electrons. The number of benzene rings is 2. The zero-order valence-corrected chi connectivity index (χ0v) is 18.2. The number of nitrogens with zero attached hydrogens (tertiary/aromatic N) is 3. The Morgan fingerprint density at radius 1 is 1.09 bits per heavy atom. The predicted octanol–water partition coefficient (Wildman–Crippen LogP) is 1.85. The Bertz CT molecular complexity index is 973. The van der Waals surface area contributed by atoms with E-state index >= 15 is 0 Å². The Labute approximate surface area is 185 Å². The molecule has 2 aromatic rings. The molecular formula is C22H27N3O7. The maximum Gasteiger partial charge on any atom is 0.313 e. The van der Waals surface area contributed by atoms with Gasteiger partial charge in [-0.25, -0.2) is 0 Å². The van der Waals surface area contributed by atoms with E-state index in [1.54, 1.807) is 18.9 Å². The number of hydrogen-bond donors (Lipinski definition) is 0. The van der Waals surface area contributed by atoms with Gasteiger partial charge in [-0.05, 0) is 35.4 Å². The highest BCUT2D eigenvalue weighted by atomic mass is 16.9. The van der Waals surface area contributed by atoms with Crippen LogP contribution in [0.4, 0.5) is 0 Å². The van der Waals surface area contributed by atoms with E-state index in [2.05, 4.69) is 4.84 Å². The summed E-state index contributed by atoms with van der Waals surface area (Å²) >= 11 is 0. The third kappa shape index (κ3) is 6.07. The largest absolute Gasteiger partial charge is 0.497 e. The van der Waals surface area contributed by atoms with Gasteiger partial charge in [0.15, 0.2) is 6.61 Å². The minimum absolute atomic E-state index is 0.00123. The van der Waals surface area contributed by atoms with Gasteiger partial charge >= 0.3 is 5.97 Å². The average Bonchev–Trinajstić information content (AvgIpc) is 2.81. The lowest BCUT2D eigenvalue weighted by molar-refractivity contribution is -0.757. The van der Waals surface area contributed by atoms with E-state index in [1.165, 1.54) is 0 Å². The Morgan fingerprint density at radius 3 is 2.47 bits per heavy atom. The molecule has 1 amide bonds. The van der Waals surface area contributed by atoms with Gasteiger partial charge in [-0.2, -0.15) is 0 Å². The second-order valence-corrected chi connectivity index (χ2v) is 7.58. The van der Waals surface area contributed by atoms with E-state index in [0.29, 0.717) is 32.7 Å². The Balaban J connectivity index is 1.46. The van der Waals surface area contributed by atoms with Crippen molar-refractivity contribution in [1.29, 1.82) is 0 Å². The van der Waals surface area contributed by atoms with Crippen molar-refractivity contribution in [2.24, 2.45) is 0 Å². The quantitative estimate of drug-likeness (QED) is 0.327. The highest BCUT2D eigenvalue weighted by Crippen LogP contribution is 2.25. The first-order chi connectivity index (χ1) is 15.4. The van der Waals surface area contributed by atoms with Crippen LogP contribution in [0, 0.1) is 10.1 Å². The highest BCUT2D eigenvalue weighted by molar-refractivity contribution is 5.87. The Morgan fingerprint density at radius 2 is 1.78 bits per heavy atom. The fraction of sp³-hybridized carbons (Fsp3) is 0.455. The maximum atomic E-state index is 12.5. The van der Waals surface area contributed by atoms with Crippen LogP contribution in [0.1, 0.15) is 18.4 Å². The lowest BCUT2D eigenvalue weighted by Crippen LogP contribution is -2.50. The van der Waals surface area contributed by atoms with Gasteiger partial charge < -0.3 is 19.2 Å². The van der Waals surface area contributed by atoms with Crippen LogP contribution in [0.5, 0.6) is 5.75 Å². The van der Waals surface area contributed by atoms with Crippen LogP contribution in [-0.2, 0) is 19.2 Å². The fourth-order valence-corrected chi connectivity index (χ4v) is 3.59. The minimum atomic E-state index is -0.815. The van der Waals surface area contributed by atoms with Crippen molar-refractivity contribution in [2.75, 3.05) is 53.0 Å². The van der Waals surface area contributed by atoms with Gasteiger partial charge in [0.1, 0.15) is 12.4 Å². The summed E-state index contributed by atoms with van der Waals surface area (Å²) in [5, 5.41) is 11.4. The molecule has 32 heavy (non-hydrogen) atoms. The number of carbonyl (C=O) groups excluding carboxylic acids is 2. The molecule has 0 bridgehead atoms. The number of amides is 1. The molecular weight excluding hydrogens is 418 g/mol. The summed E-state index contributed by atoms with van der Waals surface area (Å²) in [6, 6.07) is 11.5. The number of methoxy groups -OCH3 is 1. The average molecular weight is 445 g/mol. The molecule has 3 rings (SSSR count). The van der Waals surface area contributed by atoms with Crippen LogP contribution >= 0.6 is 0 Å². The van der Waals surface area contributed by atoms with Crippen LogP contribution in [0.15, 0.2) is 36.4 Å². The molecule has 0 aliphatic carbocycles. The number of rotatable bonds is 9. The molecule has 1 saturated heterocycles. The third-order valence-corrected chi connectivity index (χ3v) is 5.59. The van der Waals surface area contributed by atoms with E-state index < -0.39 is 17.0 Å². The van der Waals surface area contributed by atoms with Crippen LogP contribution < -0.4 is 4.74 Å². The van der Waals surface area contributed by atoms with Crippen molar-refractivity contribution in [3.8, 4) is 5.75 Å². The first-order valence-electron chi connectivity index (χ1n) is 10.4. The molecule has 10 nitrogen and oxygen atoms in total. The molecule has 0 radical (unpaired) electrons. The van der Waals surface area contributed by atoms with E-state index in [4.69, 9.17) is 9.47 Å². The van der Waals surface area contributed by atoms with Crippen LogP contribution in [0.2, 0.25) is 0 Å². The van der Waals surface area contributed by atoms with Gasteiger partial charge in [0.25, 0.3) is 11.0 Å². The molecule has 2 aromatic carbocycles. The number of fused-ring (bicyclic) bond motifs is 1. The zero-order valence-electron chi connectivity index (χ0n) is 18.2. The highest BCUT2D eigenvalue weighted by Gasteiger charge is 2.24. The molecule has 0 unspecified atom stereocenters. The zero-order chi connectivity index (χ0) is 23.1. The monoisotopic (exact) mass is 445 g/mol. The topological polar surface area (TPSA) is 111 Å².